The van der Waals surface area contributed by atoms with Gasteiger partial charge in [0.05, 0.1) is 18.2 Å². The molecular weight excluding hydrogens is 294 g/mol. The number of morpholine rings is 1. The molecule has 1 atom stereocenters. The lowest BCUT2D eigenvalue weighted by Crippen LogP contribution is -2.48. The molecule has 1 aliphatic rings. The van der Waals surface area contributed by atoms with Gasteiger partial charge in [0.1, 0.15) is 4.90 Å². The highest BCUT2D eigenvalue weighted by molar-refractivity contribution is 7.89. The molecule has 1 heterocycles. The lowest BCUT2D eigenvalue weighted by atomic mass is 10.3. The van der Waals surface area contributed by atoms with E-state index in [1.165, 1.54) is 12.1 Å². The van der Waals surface area contributed by atoms with E-state index in [-0.39, 0.29) is 29.6 Å². The Morgan fingerprint density at radius 3 is 2.74 bits per heavy atom. The molecule has 1 aromatic rings. The number of hydrogen-bond acceptors (Lipinski definition) is 4. The van der Waals surface area contributed by atoms with Crippen LogP contribution >= 0.6 is 11.6 Å². The zero-order valence-corrected chi connectivity index (χ0v) is 11.4. The van der Waals surface area contributed by atoms with E-state index < -0.39 is 22.1 Å². The second-order valence-electron chi connectivity index (χ2n) is 3.99. The summed E-state index contributed by atoms with van der Waals surface area (Å²) >= 11 is 5.87. The van der Waals surface area contributed by atoms with Gasteiger partial charge in [-0.05, 0) is 12.1 Å². The van der Waals surface area contributed by atoms with E-state index in [2.05, 4.69) is 0 Å². The summed E-state index contributed by atoms with van der Waals surface area (Å²) in [7, 11) is -3.80. The van der Waals surface area contributed by atoms with Crippen molar-refractivity contribution >= 4 is 27.6 Å². The van der Waals surface area contributed by atoms with Crippen molar-refractivity contribution in [1.29, 1.82) is 0 Å². The third kappa shape index (κ3) is 2.89. The highest BCUT2D eigenvalue weighted by atomic mass is 35.5. The molecule has 0 aromatic heterocycles. The van der Waals surface area contributed by atoms with Crippen LogP contribution in [0, 0.1) is 0 Å². The predicted octanol–water partition coefficient (Wildman–Crippen LogP) is 0.814. The van der Waals surface area contributed by atoms with E-state index in [1.807, 2.05) is 0 Å². The predicted molar refractivity (Wildman–Crippen MR) is 67.6 cm³/mol. The molecule has 19 heavy (non-hydrogen) atoms. The Balaban J connectivity index is 2.30. The summed E-state index contributed by atoms with van der Waals surface area (Å²) in [6.45, 7) is -0.0686. The number of carboxylic acids is 1. The average molecular weight is 306 g/mol. The average Bonchev–Trinajstić information content (AvgIpc) is 2.39. The van der Waals surface area contributed by atoms with Crippen molar-refractivity contribution in [3.8, 4) is 0 Å². The maximum Gasteiger partial charge on any atom is 0.334 e. The van der Waals surface area contributed by atoms with Crippen molar-refractivity contribution in [2.24, 2.45) is 0 Å². The minimum Gasteiger partial charge on any atom is -0.479 e. The van der Waals surface area contributed by atoms with Crippen molar-refractivity contribution < 1.29 is 23.1 Å². The van der Waals surface area contributed by atoms with E-state index in [1.54, 1.807) is 12.1 Å². The highest BCUT2D eigenvalue weighted by Crippen LogP contribution is 2.25. The Bertz CT molecular complexity index is 589. The number of nitrogens with zero attached hydrogens (tertiary/aromatic N) is 1. The molecule has 1 aromatic carbocycles. The monoisotopic (exact) mass is 305 g/mol. The molecule has 1 aliphatic heterocycles. The molecule has 1 saturated heterocycles. The minimum absolute atomic E-state index is 0.0253. The normalized spacial score (nSPS) is 21.2. The Morgan fingerprint density at radius 1 is 1.42 bits per heavy atom. The maximum atomic E-state index is 12.4. The Labute approximate surface area is 115 Å². The molecule has 1 N–H and O–H groups in total. The number of carbonyl (C=O) groups is 1. The third-order valence-corrected chi connectivity index (χ3v) is 5.12. The van der Waals surface area contributed by atoms with Crippen LogP contribution in [-0.2, 0) is 19.6 Å². The summed E-state index contributed by atoms with van der Waals surface area (Å²) in [5, 5.41) is 8.99. The Morgan fingerprint density at radius 2 is 2.11 bits per heavy atom. The van der Waals surface area contributed by atoms with Gasteiger partial charge in [-0.3, -0.25) is 0 Å². The zero-order valence-electron chi connectivity index (χ0n) is 9.82. The van der Waals surface area contributed by atoms with Crippen LogP contribution in [0.3, 0.4) is 0 Å². The van der Waals surface area contributed by atoms with Crippen molar-refractivity contribution in [2.75, 3.05) is 19.7 Å². The molecular formula is C11H12ClNO5S. The first-order chi connectivity index (χ1) is 8.93. The van der Waals surface area contributed by atoms with Crippen LogP contribution < -0.4 is 0 Å². The van der Waals surface area contributed by atoms with Gasteiger partial charge in [-0.15, -0.1) is 0 Å². The highest BCUT2D eigenvalue weighted by Gasteiger charge is 2.34. The molecule has 0 aliphatic carbocycles. The fourth-order valence-corrected chi connectivity index (χ4v) is 3.70. The number of sulfonamides is 1. The van der Waals surface area contributed by atoms with Crippen molar-refractivity contribution in [3.63, 3.8) is 0 Å². The topological polar surface area (TPSA) is 83.9 Å². The van der Waals surface area contributed by atoms with Gasteiger partial charge in [0, 0.05) is 6.54 Å². The van der Waals surface area contributed by atoms with Crippen molar-refractivity contribution in [1.82, 2.24) is 4.31 Å². The summed E-state index contributed by atoms with van der Waals surface area (Å²) in [4.78, 5) is 10.8. The van der Waals surface area contributed by atoms with Gasteiger partial charge in [-0.2, -0.15) is 4.31 Å². The van der Waals surface area contributed by atoms with Crippen LogP contribution in [-0.4, -0.2) is 49.6 Å². The van der Waals surface area contributed by atoms with Crippen LogP contribution in [0.4, 0.5) is 0 Å². The van der Waals surface area contributed by atoms with Crippen LogP contribution in [0.15, 0.2) is 29.2 Å². The third-order valence-electron chi connectivity index (χ3n) is 2.76. The summed E-state index contributed by atoms with van der Waals surface area (Å²) < 4.78 is 30.8. The second-order valence-corrected chi connectivity index (χ2v) is 6.30. The lowest BCUT2D eigenvalue weighted by Gasteiger charge is -2.30. The summed E-state index contributed by atoms with van der Waals surface area (Å²) in [5.74, 6) is -1.18. The fraction of sp³-hybridized carbons (Fsp3) is 0.364. The smallest absolute Gasteiger partial charge is 0.334 e. The zero-order chi connectivity index (χ0) is 14.0. The van der Waals surface area contributed by atoms with Gasteiger partial charge < -0.3 is 9.84 Å². The van der Waals surface area contributed by atoms with E-state index >= 15 is 0 Å². The standard InChI is InChI=1S/C11H12ClNO5S/c12-8-3-1-2-4-10(8)19(16,17)13-5-6-18-9(7-13)11(14)15/h1-4,9H,5-7H2,(H,14,15). The minimum atomic E-state index is -3.80. The molecule has 104 valence electrons. The van der Waals surface area contributed by atoms with E-state index in [0.717, 1.165) is 4.31 Å². The lowest BCUT2D eigenvalue weighted by molar-refractivity contribution is -0.153. The van der Waals surface area contributed by atoms with Crippen LogP contribution in [0.2, 0.25) is 5.02 Å². The van der Waals surface area contributed by atoms with Crippen LogP contribution in [0.25, 0.3) is 0 Å². The Kier molecular flexibility index (Phi) is 4.10. The van der Waals surface area contributed by atoms with Crippen molar-refractivity contribution in [2.45, 2.75) is 11.0 Å². The fourth-order valence-electron chi connectivity index (χ4n) is 1.79. The SMILES string of the molecule is O=C(O)C1CN(S(=O)(=O)c2ccccc2Cl)CCO1. The summed E-state index contributed by atoms with van der Waals surface area (Å²) in [6, 6.07) is 6.06. The maximum absolute atomic E-state index is 12.4. The van der Waals surface area contributed by atoms with Gasteiger partial charge in [0.2, 0.25) is 10.0 Å². The number of benzene rings is 1. The molecule has 1 fully saturated rings. The van der Waals surface area contributed by atoms with Crippen LogP contribution in [0.1, 0.15) is 0 Å². The van der Waals surface area contributed by atoms with Gasteiger partial charge >= 0.3 is 5.97 Å². The van der Waals surface area contributed by atoms with Gasteiger partial charge in [0.15, 0.2) is 6.10 Å². The number of ether oxygens (including phenoxy) is 1. The summed E-state index contributed by atoms with van der Waals surface area (Å²) in [5.41, 5.74) is 0. The van der Waals surface area contributed by atoms with E-state index in [4.69, 9.17) is 21.4 Å². The van der Waals surface area contributed by atoms with E-state index in [9.17, 15) is 13.2 Å². The largest absolute Gasteiger partial charge is 0.479 e. The Hall–Kier alpha value is -1.15. The number of hydrogen-bond donors (Lipinski definition) is 1. The number of carboxylic acid groups (broad SMARTS) is 1. The van der Waals surface area contributed by atoms with Crippen LogP contribution in [0.5, 0.6) is 0 Å². The molecule has 6 nitrogen and oxygen atoms in total. The number of halogens is 1. The molecule has 0 bridgehead atoms. The first-order valence-corrected chi connectivity index (χ1v) is 7.34. The quantitative estimate of drug-likeness (QED) is 0.893. The van der Waals surface area contributed by atoms with Gasteiger partial charge in [0.25, 0.3) is 0 Å². The molecule has 0 radical (unpaired) electrons. The second kappa shape index (κ2) is 5.46. The van der Waals surface area contributed by atoms with E-state index in [0.29, 0.717) is 0 Å². The molecule has 0 amide bonds. The van der Waals surface area contributed by atoms with Crippen molar-refractivity contribution in [3.05, 3.63) is 29.3 Å². The van der Waals surface area contributed by atoms with Gasteiger partial charge in [-0.1, -0.05) is 23.7 Å². The summed E-state index contributed by atoms with van der Waals surface area (Å²) in [6.07, 6.45) is -1.15. The number of aliphatic carboxylic acids is 1. The molecule has 0 saturated carbocycles. The molecule has 2 rings (SSSR count). The molecule has 8 heteroatoms. The molecule has 0 spiro atoms. The molecule has 1 unspecified atom stereocenters. The number of rotatable bonds is 3. The first kappa shape index (κ1) is 14.3. The first-order valence-electron chi connectivity index (χ1n) is 5.52. The van der Waals surface area contributed by atoms with Gasteiger partial charge in [-0.25, -0.2) is 13.2 Å².